The Bertz CT molecular complexity index is 1120. The van der Waals surface area contributed by atoms with Crippen LogP contribution in [0.5, 0.6) is 0 Å². The highest BCUT2D eigenvalue weighted by Crippen LogP contribution is 2.27. The zero-order valence-electron chi connectivity index (χ0n) is 15.9. The molecule has 1 aromatic heterocycles. The van der Waals surface area contributed by atoms with Crippen LogP contribution < -0.4 is 0 Å². The summed E-state index contributed by atoms with van der Waals surface area (Å²) in [5.41, 5.74) is 0.987. The Kier molecular flexibility index (Phi) is 5.85. The van der Waals surface area contributed by atoms with Crippen LogP contribution in [-0.4, -0.2) is 49.6 Å². The van der Waals surface area contributed by atoms with Crippen LogP contribution in [0, 0.1) is 0 Å². The van der Waals surface area contributed by atoms with Crippen LogP contribution >= 0.6 is 23.2 Å². The monoisotopic (exact) mass is 444 g/mol. The molecule has 4 rings (SSSR count). The number of hydrogen-bond acceptors (Lipinski definition) is 5. The molecule has 1 aliphatic heterocycles. The number of ketones is 1. The van der Waals surface area contributed by atoms with Gasteiger partial charge in [0.15, 0.2) is 5.78 Å². The molecule has 3 aromatic rings. The van der Waals surface area contributed by atoms with E-state index in [1.807, 2.05) is 0 Å². The fourth-order valence-electron chi connectivity index (χ4n) is 3.54. The van der Waals surface area contributed by atoms with Crippen molar-refractivity contribution in [3.63, 3.8) is 0 Å². The summed E-state index contributed by atoms with van der Waals surface area (Å²) in [5.74, 6) is -1.44. The molecule has 9 heteroatoms. The van der Waals surface area contributed by atoms with Gasteiger partial charge in [0.05, 0.1) is 17.3 Å². The summed E-state index contributed by atoms with van der Waals surface area (Å²) in [7, 11) is 0. The summed E-state index contributed by atoms with van der Waals surface area (Å²) < 4.78 is 1.42. The molecule has 0 spiro atoms. The average Bonchev–Trinajstić information content (AvgIpc) is 3.38. The Morgan fingerprint density at radius 3 is 2.47 bits per heavy atom. The van der Waals surface area contributed by atoms with Gasteiger partial charge in [-0.3, -0.25) is 9.69 Å². The number of carbonyl (C=O) groups excluding carboxylic acids is 1. The Labute approximate surface area is 182 Å². The molecule has 0 radical (unpaired) electrons. The van der Waals surface area contributed by atoms with Gasteiger partial charge in [-0.25, -0.2) is 14.5 Å². The molecule has 7 nitrogen and oxygen atoms in total. The number of halogens is 2. The predicted molar refractivity (Wildman–Crippen MR) is 113 cm³/mol. The van der Waals surface area contributed by atoms with Crippen molar-refractivity contribution in [2.24, 2.45) is 0 Å². The summed E-state index contributed by atoms with van der Waals surface area (Å²) in [6.07, 6.45) is 2.16. The van der Waals surface area contributed by atoms with Crippen molar-refractivity contribution in [1.82, 2.24) is 19.7 Å². The van der Waals surface area contributed by atoms with Gasteiger partial charge in [-0.1, -0.05) is 35.3 Å². The first-order chi connectivity index (χ1) is 14.4. The number of carbonyl (C=O) groups is 2. The lowest BCUT2D eigenvalue weighted by Gasteiger charge is -2.16. The maximum atomic E-state index is 13.3. The summed E-state index contributed by atoms with van der Waals surface area (Å²) in [4.78, 5) is 31.2. The van der Waals surface area contributed by atoms with E-state index in [-0.39, 0.29) is 17.2 Å². The number of nitrogens with zero attached hydrogens (tertiary/aromatic N) is 4. The van der Waals surface area contributed by atoms with Crippen molar-refractivity contribution in [3.05, 3.63) is 75.3 Å². The minimum absolute atomic E-state index is 0.264. The topological polar surface area (TPSA) is 88.3 Å². The highest BCUT2D eigenvalue weighted by molar-refractivity contribution is 6.35. The second-order valence-corrected chi connectivity index (χ2v) is 7.87. The van der Waals surface area contributed by atoms with Crippen molar-refractivity contribution in [1.29, 1.82) is 0 Å². The molecule has 1 saturated heterocycles. The quantitative estimate of drug-likeness (QED) is 0.575. The molecule has 30 heavy (non-hydrogen) atoms. The van der Waals surface area contributed by atoms with E-state index < -0.39 is 5.97 Å². The van der Waals surface area contributed by atoms with Gasteiger partial charge in [0.25, 0.3) is 5.82 Å². The van der Waals surface area contributed by atoms with Gasteiger partial charge in [-0.15, -0.1) is 5.10 Å². The van der Waals surface area contributed by atoms with Gasteiger partial charge in [0.2, 0.25) is 0 Å². The normalized spacial score (nSPS) is 14.2. The van der Waals surface area contributed by atoms with E-state index in [4.69, 9.17) is 23.2 Å². The molecule has 0 atom stereocenters. The van der Waals surface area contributed by atoms with Gasteiger partial charge in [-0.05, 0) is 56.3 Å². The third-order valence-corrected chi connectivity index (χ3v) is 5.54. The largest absolute Gasteiger partial charge is 0.475 e. The lowest BCUT2D eigenvalue weighted by Crippen LogP contribution is -2.22. The van der Waals surface area contributed by atoms with Crippen molar-refractivity contribution in [2.45, 2.75) is 19.4 Å². The van der Waals surface area contributed by atoms with Crippen LogP contribution in [0.1, 0.15) is 45.2 Å². The minimum Gasteiger partial charge on any atom is -0.475 e. The van der Waals surface area contributed by atoms with Crippen molar-refractivity contribution < 1.29 is 14.7 Å². The van der Waals surface area contributed by atoms with Crippen LogP contribution in [0.15, 0.2) is 42.5 Å². The Balaban J connectivity index is 1.83. The van der Waals surface area contributed by atoms with Gasteiger partial charge in [0, 0.05) is 16.1 Å². The summed E-state index contributed by atoms with van der Waals surface area (Å²) in [5, 5.41) is 14.3. The molecule has 0 unspecified atom stereocenters. The Hall–Kier alpha value is -2.74. The van der Waals surface area contributed by atoms with Gasteiger partial charge in [0.1, 0.15) is 5.82 Å². The molecular formula is C21H18Cl2N4O3. The lowest BCUT2D eigenvalue weighted by molar-refractivity contribution is 0.0683. The Morgan fingerprint density at radius 2 is 1.77 bits per heavy atom. The zero-order valence-corrected chi connectivity index (χ0v) is 17.4. The molecule has 2 heterocycles. The smallest absolute Gasteiger partial charge is 0.375 e. The van der Waals surface area contributed by atoms with Crippen LogP contribution in [-0.2, 0) is 6.54 Å². The first-order valence-corrected chi connectivity index (χ1v) is 10.2. The average molecular weight is 445 g/mol. The molecule has 0 bridgehead atoms. The Morgan fingerprint density at radius 1 is 1.03 bits per heavy atom. The molecule has 0 saturated carbocycles. The van der Waals surface area contributed by atoms with Gasteiger partial charge < -0.3 is 5.11 Å². The number of carboxylic acid groups (broad SMARTS) is 1. The highest BCUT2D eigenvalue weighted by Gasteiger charge is 2.24. The third kappa shape index (κ3) is 4.09. The fourth-order valence-corrected chi connectivity index (χ4v) is 3.93. The van der Waals surface area contributed by atoms with E-state index in [9.17, 15) is 14.7 Å². The molecule has 0 aliphatic carbocycles. The fraction of sp³-hybridized carbons (Fsp3) is 0.238. The van der Waals surface area contributed by atoms with Crippen LogP contribution in [0.4, 0.5) is 0 Å². The minimum atomic E-state index is -1.23. The number of aromatic carboxylic acids is 1. The van der Waals surface area contributed by atoms with Crippen molar-refractivity contribution in [2.75, 3.05) is 13.1 Å². The van der Waals surface area contributed by atoms with Crippen LogP contribution in [0.2, 0.25) is 10.0 Å². The maximum absolute atomic E-state index is 13.3. The van der Waals surface area contributed by atoms with Crippen LogP contribution in [0.25, 0.3) is 5.69 Å². The summed E-state index contributed by atoms with van der Waals surface area (Å²) in [6.45, 7) is 2.24. The summed E-state index contributed by atoms with van der Waals surface area (Å²) >= 11 is 12.4. The van der Waals surface area contributed by atoms with Crippen LogP contribution in [0.3, 0.4) is 0 Å². The highest BCUT2D eigenvalue weighted by atomic mass is 35.5. The second-order valence-electron chi connectivity index (χ2n) is 7.02. The van der Waals surface area contributed by atoms with E-state index in [0.717, 1.165) is 25.9 Å². The molecular weight excluding hydrogens is 427 g/mol. The maximum Gasteiger partial charge on any atom is 0.375 e. The van der Waals surface area contributed by atoms with E-state index >= 15 is 0 Å². The summed E-state index contributed by atoms with van der Waals surface area (Å²) in [6, 6.07) is 11.5. The number of rotatable bonds is 6. The SMILES string of the molecule is O=C(O)c1nc(CN2CCCC2)n(-c2ccc(Cl)cc2C(=O)c2ccccc2Cl)n1. The zero-order chi connectivity index (χ0) is 21.3. The van der Waals surface area contributed by atoms with Crippen molar-refractivity contribution >= 4 is 35.0 Å². The standard InChI is InChI=1S/C21H18Cl2N4O3/c22-13-7-8-17(15(11-13)19(28)14-5-1-2-6-16(14)23)27-18(12-26-9-3-4-10-26)24-20(25-27)21(29)30/h1-2,5-8,11H,3-4,9-10,12H2,(H,29,30). The lowest BCUT2D eigenvalue weighted by atomic mass is 10.0. The number of likely N-dealkylation sites (tertiary alicyclic amines) is 1. The number of benzene rings is 2. The van der Waals surface area contributed by atoms with Crippen molar-refractivity contribution in [3.8, 4) is 5.69 Å². The first kappa shape index (κ1) is 20.5. The molecule has 154 valence electrons. The molecule has 2 aromatic carbocycles. The van der Waals surface area contributed by atoms with E-state index in [0.29, 0.717) is 33.7 Å². The first-order valence-electron chi connectivity index (χ1n) is 9.45. The molecule has 1 fully saturated rings. The van der Waals surface area contributed by atoms with Gasteiger partial charge >= 0.3 is 5.97 Å². The number of hydrogen-bond donors (Lipinski definition) is 1. The molecule has 1 N–H and O–H groups in total. The van der Waals surface area contributed by atoms with E-state index in [2.05, 4.69) is 15.0 Å². The number of aromatic nitrogens is 3. The molecule has 0 amide bonds. The molecule has 1 aliphatic rings. The predicted octanol–water partition coefficient (Wildman–Crippen LogP) is 4.10. The number of carboxylic acids is 1. The van der Waals surface area contributed by atoms with E-state index in [1.54, 1.807) is 36.4 Å². The second kappa shape index (κ2) is 8.55. The van der Waals surface area contributed by atoms with Gasteiger partial charge in [-0.2, -0.15) is 0 Å². The third-order valence-electron chi connectivity index (χ3n) is 4.98. The van der Waals surface area contributed by atoms with E-state index in [1.165, 1.54) is 10.7 Å².